The number of benzene rings is 2. The average molecular weight is 292 g/mol. The molecular formula is C20H24N2. The van der Waals surface area contributed by atoms with E-state index in [0.29, 0.717) is 5.92 Å². The second kappa shape index (κ2) is 5.28. The minimum atomic E-state index is 0.0837. The number of hydrogen-bond acceptors (Lipinski definition) is 1. The van der Waals surface area contributed by atoms with Gasteiger partial charge < -0.3 is 0 Å². The van der Waals surface area contributed by atoms with Crippen LogP contribution in [0, 0.1) is 0 Å². The first kappa shape index (κ1) is 14.8. The van der Waals surface area contributed by atoms with Crippen LogP contribution >= 0.6 is 0 Å². The van der Waals surface area contributed by atoms with Gasteiger partial charge in [0.05, 0.1) is 11.0 Å². The summed E-state index contributed by atoms with van der Waals surface area (Å²) in [6, 6.07) is 17.0. The first-order chi connectivity index (χ1) is 10.4. The lowest BCUT2D eigenvalue weighted by Crippen LogP contribution is -2.14. The predicted octanol–water partition coefficient (Wildman–Crippen LogP) is 5.45. The fourth-order valence-electron chi connectivity index (χ4n) is 2.98. The zero-order valence-electron chi connectivity index (χ0n) is 14.1. The van der Waals surface area contributed by atoms with E-state index in [1.54, 1.807) is 0 Å². The Balaban J connectivity index is 2.44. The van der Waals surface area contributed by atoms with Crippen molar-refractivity contribution in [2.75, 3.05) is 0 Å². The van der Waals surface area contributed by atoms with Crippen molar-refractivity contribution in [2.24, 2.45) is 0 Å². The van der Waals surface area contributed by atoms with Crippen LogP contribution in [0.4, 0.5) is 0 Å². The van der Waals surface area contributed by atoms with Crippen molar-refractivity contribution >= 4 is 11.0 Å². The lowest BCUT2D eigenvalue weighted by molar-refractivity contribution is 0.593. The molecule has 0 amide bonds. The molecule has 0 bridgehead atoms. The molecular weight excluding hydrogens is 268 g/mol. The molecule has 2 heteroatoms. The monoisotopic (exact) mass is 292 g/mol. The van der Waals surface area contributed by atoms with Gasteiger partial charge in [-0.3, -0.25) is 4.57 Å². The van der Waals surface area contributed by atoms with E-state index in [0.717, 1.165) is 11.3 Å². The maximum atomic E-state index is 4.93. The topological polar surface area (TPSA) is 17.8 Å². The molecule has 2 nitrogen and oxygen atoms in total. The van der Waals surface area contributed by atoms with Crippen molar-refractivity contribution in [1.82, 2.24) is 9.55 Å². The Labute approximate surface area is 132 Å². The first-order valence-electron chi connectivity index (χ1n) is 7.97. The Bertz CT molecular complexity index is 790. The third kappa shape index (κ3) is 2.43. The van der Waals surface area contributed by atoms with Gasteiger partial charge in [0.25, 0.3) is 0 Å². The quantitative estimate of drug-likeness (QED) is 0.614. The SMILES string of the molecule is CC(C)c1nc2cccc(C(C)(C)C)c2n1-c1ccccc1. The lowest BCUT2D eigenvalue weighted by Gasteiger charge is -2.22. The Hall–Kier alpha value is -2.09. The maximum Gasteiger partial charge on any atom is 0.117 e. The number of fused-ring (bicyclic) bond motifs is 1. The molecule has 0 unspecified atom stereocenters. The smallest absolute Gasteiger partial charge is 0.117 e. The summed E-state index contributed by atoms with van der Waals surface area (Å²) in [5.41, 5.74) is 4.93. The van der Waals surface area contributed by atoms with Gasteiger partial charge in [0.1, 0.15) is 5.82 Å². The standard InChI is InChI=1S/C20H24N2/c1-14(2)19-21-17-13-9-12-16(20(3,4)5)18(17)22(19)15-10-7-6-8-11-15/h6-14H,1-5H3. The van der Waals surface area contributed by atoms with Gasteiger partial charge in [-0.1, -0.05) is 65.0 Å². The summed E-state index contributed by atoms with van der Waals surface area (Å²) in [5.74, 6) is 1.50. The summed E-state index contributed by atoms with van der Waals surface area (Å²) < 4.78 is 2.33. The summed E-state index contributed by atoms with van der Waals surface area (Å²) in [6.07, 6.45) is 0. The van der Waals surface area contributed by atoms with Crippen LogP contribution in [0.5, 0.6) is 0 Å². The molecule has 0 radical (unpaired) electrons. The molecule has 0 aliphatic carbocycles. The summed E-state index contributed by atoms with van der Waals surface area (Å²) in [7, 11) is 0. The van der Waals surface area contributed by atoms with Gasteiger partial charge >= 0.3 is 0 Å². The summed E-state index contributed by atoms with van der Waals surface area (Å²) in [6.45, 7) is 11.2. The Morgan fingerprint density at radius 2 is 1.59 bits per heavy atom. The Morgan fingerprint density at radius 1 is 0.909 bits per heavy atom. The number of para-hydroxylation sites is 2. The zero-order chi connectivity index (χ0) is 15.9. The minimum Gasteiger partial charge on any atom is -0.296 e. The van der Waals surface area contributed by atoms with Crippen LogP contribution in [-0.4, -0.2) is 9.55 Å². The van der Waals surface area contributed by atoms with Crippen LogP contribution in [-0.2, 0) is 5.41 Å². The van der Waals surface area contributed by atoms with Crippen LogP contribution in [0.3, 0.4) is 0 Å². The van der Waals surface area contributed by atoms with Crippen molar-refractivity contribution in [3.8, 4) is 5.69 Å². The van der Waals surface area contributed by atoms with E-state index >= 15 is 0 Å². The average Bonchev–Trinajstić information content (AvgIpc) is 2.86. The van der Waals surface area contributed by atoms with E-state index < -0.39 is 0 Å². The molecule has 3 aromatic rings. The van der Waals surface area contributed by atoms with E-state index in [1.165, 1.54) is 16.8 Å². The van der Waals surface area contributed by atoms with Crippen LogP contribution in [0.25, 0.3) is 16.7 Å². The van der Waals surface area contributed by atoms with E-state index in [2.05, 4.69) is 87.7 Å². The summed E-state index contributed by atoms with van der Waals surface area (Å²) in [4.78, 5) is 4.93. The van der Waals surface area contributed by atoms with Crippen molar-refractivity contribution < 1.29 is 0 Å². The van der Waals surface area contributed by atoms with Crippen molar-refractivity contribution in [3.05, 3.63) is 59.9 Å². The second-order valence-corrected chi connectivity index (χ2v) is 7.22. The van der Waals surface area contributed by atoms with Gasteiger partial charge in [0, 0.05) is 11.6 Å². The van der Waals surface area contributed by atoms with Gasteiger partial charge in [-0.25, -0.2) is 4.98 Å². The second-order valence-electron chi connectivity index (χ2n) is 7.22. The summed E-state index contributed by atoms with van der Waals surface area (Å²) >= 11 is 0. The molecule has 2 aromatic carbocycles. The van der Waals surface area contributed by atoms with Gasteiger partial charge in [0.15, 0.2) is 0 Å². The largest absolute Gasteiger partial charge is 0.296 e. The van der Waals surface area contributed by atoms with Crippen LogP contribution in [0.1, 0.15) is 51.9 Å². The zero-order valence-corrected chi connectivity index (χ0v) is 14.1. The van der Waals surface area contributed by atoms with Crippen molar-refractivity contribution in [3.63, 3.8) is 0 Å². The Morgan fingerprint density at radius 3 is 2.18 bits per heavy atom. The summed E-state index contributed by atoms with van der Waals surface area (Å²) in [5, 5.41) is 0. The minimum absolute atomic E-state index is 0.0837. The van der Waals surface area contributed by atoms with E-state index in [1.807, 2.05) is 0 Å². The molecule has 1 heterocycles. The van der Waals surface area contributed by atoms with Crippen molar-refractivity contribution in [1.29, 1.82) is 0 Å². The normalized spacial score (nSPS) is 12.3. The van der Waals surface area contributed by atoms with E-state index in [-0.39, 0.29) is 5.41 Å². The molecule has 0 saturated heterocycles. The first-order valence-corrected chi connectivity index (χ1v) is 7.97. The van der Waals surface area contributed by atoms with Crippen molar-refractivity contribution in [2.45, 2.75) is 46.0 Å². The maximum absolute atomic E-state index is 4.93. The molecule has 0 aliphatic rings. The molecule has 0 spiro atoms. The number of aromatic nitrogens is 2. The third-order valence-corrected chi connectivity index (χ3v) is 4.04. The van der Waals surface area contributed by atoms with E-state index in [4.69, 9.17) is 4.98 Å². The molecule has 114 valence electrons. The highest BCUT2D eigenvalue weighted by Crippen LogP contribution is 2.34. The van der Waals surface area contributed by atoms with E-state index in [9.17, 15) is 0 Å². The number of rotatable bonds is 2. The molecule has 0 atom stereocenters. The number of nitrogens with zero attached hydrogens (tertiary/aromatic N) is 2. The molecule has 0 N–H and O–H groups in total. The highest BCUT2D eigenvalue weighted by molar-refractivity contribution is 5.83. The molecule has 0 fully saturated rings. The fraction of sp³-hybridized carbons (Fsp3) is 0.350. The molecule has 0 aliphatic heterocycles. The van der Waals surface area contributed by atoms with Gasteiger partial charge in [-0.2, -0.15) is 0 Å². The van der Waals surface area contributed by atoms with Crippen LogP contribution in [0.15, 0.2) is 48.5 Å². The molecule has 0 saturated carbocycles. The molecule has 22 heavy (non-hydrogen) atoms. The third-order valence-electron chi connectivity index (χ3n) is 4.04. The number of hydrogen-bond donors (Lipinski definition) is 0. The lowest BCUT2D eigenvalue weighted by atomic mass is 9.86. The Kier molecular flexibility index (Phi) is 3.56. The molecule has 3 rings (SSSR count). The van der Waals surface area contributed by atoms with Crippen LogP contribution < -0.4 is 0 Å². The highest BCUT2D eigenvalue weighted by Gasteiger charge is 2.23. The van der Waals surface area contributed by atoms with Gasteiger partial charge in [0.2, 0.25) is 0 Å². The number of imidazole rings is 1. The van der Waals surface area contributed by atoms with Gasteiger partial charge in [-0.15, -0.1) is 0 Å². The van der Waals surface area contributed by atoms with Crippen LogP contribution in [0.2, 0.25) is 0 Å². The van der Waals surface area contributed by atoms with Gasteiger partial charge in [-0.05, 0) is 29.2 Å². The highest BCUT2D eigenvalue weighted by atomic mass is 15.1. The molecule has 1 aromatic heterocycles. The fourth-order valence-corrected chi connectivity index (χ4v) is 2.98. The predicted molar refractivity (Wildman–Crippen MR) is 93.9 cm³/mol.